The van der Waals surface area contributed by atoms with Crippen molar-refractivity contribution in [3.05, 3.63) is 63.1 Å². The molecule has 1 fully saturated rings. The molecule has 160 valence electrons. The summed E-state index contributed by atoms with van der Waals surface area (Å²) < 4.78 is 5.64. The van der Waals surface area contributed by atoms with Gasteiger partial charge in [-0.2, -0.15) is 0 Å². The molecule has 2 aromatic carbocycles. The van der Waals surface area contributed by atoms with Crippen LogP contribution in [0.2, 0.25) is 10.0 Å². The molecule has 0 radical (unpaired) electrons. The van der Waals surface area contributed by atoms with Gasteiger partial charge in [-0.25, -0.2) is 0 Å². The van der Waals surface area contributed by atoms with Gasteiger partial charge < -0.3 is 9.64 Å². The number of amides is 1. The van der Waals surface area contributed by atoms with E-state index in [1.807, 2.05) is 30.1 Å². The summed E-state index contributed by atoms with van der Waals surface area (Å²) in [6.07, 6.45) is 4.72. The van der Waals surface area contributed by atoms with E-state index in [-0.39, 0.29) is 18.4 Å². The predicted molar refractivity (Wildman–Crippen MR) is 122 cm³/mol. The zero-order chi connectivity index (χ0) is 21.3. The Bertz CT molecular complexity index is 927. The molecule has 2 aromatic rings. The van der Waals surface area contributed by atoms with Crippen molar-refractivity contribution >= 4 is 29.1 Å². The van der Waals surface area contributed by atoms with Gasteiger partial charge in [-0.15, -0.1) is 0 Å². The summed E-state index contributed by atoms with van der Waals surface area (Å²) in [5.74, 6) is 0.975. The molecule has 1 saturated heterocycles. The average molecular weight is 447 g/mol. The van der Waals surface area contributed by atoms with Crippen LogP contribution in [0.4, 0.5) is 0 Å². The van der Waals surface area contributed by atoms with Crippen LogP contribution >= 0.6 is 23.2 Å². The van der Waals surface area contributed by atoms with Crippen LogP contribution in [0.25, 0.3) is 0 Å². The minimum atomic E-state index is 0.000487. The van der Waals surface area contributed by atoms with Gasteiger partial charge in [-0.1, -0.05) is 41.4 Å². The first-order valence-corrected chi connectivity index (χ1v) is 11.3. The maximum Gasteiger partial charge on any atom is 0.227 e. The van der Waals surface area contributed by atoms with Gasteiger partial charge in [0.05, 0.1) is 19.6 Å². The highest BCUT2D eigenvalue weighted by Gasteiger charge is 2.39. The van der Waals surface area contributed by atoms with Gasteiger partial charge >= 0.3 is 0 Å². The number of fused-ring (bicyclic) bond motifs is 1. The lowest BCUT2D eigenvalue weighted by molar-refractivity contribution is -0.133. The van der Waals surface area contributed by atoms with E-state index in [0.29, 0.717) is 16.1 Å². The molecular weight excluding hydrogens is 419 g/mol. The van der Waals surface area contributed by atoms with Crippen molar-refractivity contribution in [1.82, 2.24) is 9.80 Å². The molecule has 2 aliphatic rings. The quantitative estimate of drug-likeness (QED) is 0.635. The van der Waals surface area contributed by atoms with Crippen LogP contribution in [0.1, 0.15) is 42.0 Å². The van der Waals surface area contributed by atoms with Crippen molar-refractivity contribution in [3.8, 4) is 5.75 Å². The Balaban J connectivity index is 1.66. The van der Waals surface area contributed by atoms with Crippen LogP contribution in [-0.4, -0.2) is 49.0 Å². The normalized spacial score (nSPS) is 21.3. The highest BCUT2D eigenvalue weighted by molar-refractivity contribution is 6.35. The smallest absolute Gasteiger partial charge is 0.227 e. The predicted octanol–water partition coefficient (Wildman–Crippen LogP) is 5.15. The standard InChI is InChI=1S/C24H28Cl2N2O2/c1-27(23(29)14-16-8-9-17(25)15-20(16)26)24-19-6-5-7-22(30-2)18(19)10-11-21(24)28-12-3-4-13-28/h5-9,15,21,24H,3-4,10-14H2,1-2H3/t21-,24-/m0/s1. The van der Waals surface area contributed by atoms with Crippen molar-refractivity contribution < 1.29 is 9.53 Å². The van der Waals surface area contributed by atoms with Gasteiger partial charge in [0.25, 0.3) is 0 Å². The number of hydrogen-bond donors (Lipinski definition) is 0. The van der Waals surface area contributed by atoms with Crippen molar-refractivity contribution in [1.29, 1.82) is 0 Å². The number of likely N-dealkylation sites (tertiary alicyclic amines) is 1. The number of likely N-dealkylation sites (N-methyl/N-ethyl adjacent to an activating group) is 1. The monoisotopic (exact) mass is 446 g/mol. The molecule has 0 unspecified atom stereocenters. The lowest BCUT2D eigenvalue weighted by Crippen LogP contribution is -2.48. The molecule has 30 heavy (non-hydrogen) atoms. The fourth-order valence-electron chi connectivity index (χ4n) is 5.01. The molecule has 6 heteroatoms. The van der Waals surface area contributed by atoms with Crippen LogP contribution in [0.3, 0.4) is 0 Å². The summed E-state index contributed by atoms with van der Waals surface area (Å²) in [5, 5.41) is 1.11. The molecule has 0 saturated carbocycles. The molecule has 0 N–H and O–H groups in total. The van der Waals surface area contributed by atoms with Gasteiger partial charge in [-0.3, -0.25) is 9.69 Å². The van der Waals surface area contributed by atoms with Crippen molar-refractivity contribution in [2.24, 2.45) is 0 Å². The molecule has 0 aromatic heterocycles. The van der Waals surface area contributed by atoms with E-state index < -0.39 is 0 Å². The largest absolute Gasteiger partial charge is 0.496 e. The van der Waals surface area contributed by atoms with E-state index in [9.17, 15) is 4.79 Å². The number of hydrogen-bond acceptors (Lipinski definition) is 3. The van der Waals surface area contributed by atoms with Gasteiger partial charge in [0.1, 0.15) is 5.75 Å². The zero-order valence-corrected chi connectivity index (χ0v) is 19.0. The minimum absolute atomic E-state index is 0.000487. The Morgan fingerprint density at radius 2 is 1.97 bits per heavy atom. The number of rotatable bonds is 5. The lowest BCUT2D eigenvalue weighted by atomic mass is 9.81. The summed E-state index contributed by atoms with van der Waals surface area (Å²) in [6, 6.07) is 11.8. The molecule has 0 bridgehead atoms. The topological polar surface area (TPSA) is 32.8 Å². The first-order valence-electron chi connectivity index (χ1n) is 10.6. The highest BCUT2D eigenvalue weighted by Crippen LogP contribution is 2.41. The summed E-state index contributed by atoms with van der Waals surface area (Å²) >= 11 is 12.4. The third-order valence-electron chi connectivity index (χ3n) is 6.54. The number of carbonyl (C=O) groups excluding carboxylic acids is 1. The van der Waals surface area contributed by atoms with Gasteiger partial charge in [0.2, 0.25) is 5.91 Å². The zero-order valence-electron chi connectivity index (χ0n) is 17.5. The van der Waals surface area contributed by atoms with Gasteiger partial charge in [0, 0.05) is 23.1 Å². The Kier molecular flexibility index (Phi) is 6.57. The number of benzene rings is 2. The molecule has 1 amide bonds. The first-order chi connectivity index (χ1) is 14.5. The van der Waals surface area contributed by atoms with Crippen LogP contribution in [0.5, 0.6) is 5.75 Å². The fraction of sp³-hybridized carbons (Fsp3) is 0.458. The summed E-state index contributed by atoms with van der Waals surface area (Å²) in [6.45, 7) is 2.21. The summed E-state index contributed by atoms with van der Waals surface area (Å²) in [4.78, 5) is 17.8. The Hall–Kier alpha value is -1.75. The van der Waals surface area contributed by atoms with Gasteiger partial charge in [-0.05, 0) is 73.7 Å². The molecule has 4 rings (SSSR count). The maximum atomic E-state index is 13.4. The second-order valence-electron chi connectivity index (χ2n) is 8.24. The molecular formula is C24H28Cl2N2O2. The van der Waals surface area contributed by atoms with Gasteiger partial charge in [0.15, 0.2) is 0 Å². The number of ether oxygens (including phenoxy) is 1. The van der Waals surface area contributed by atoms with Crippen molar-refractivity contribution in [2.45, 2.75) is 44.2 Å². The van der Waals surface area contributed by atoms with Crippen LogP contribution in [-0.2, 0) is 17.6 Å². The number of halogens is 2. The van der Waals surface area contributed by atoms with Crippen molar-refractivity contribution in [2.75, 3.05) is 27.2 Å². The molecule has 4 nitrogen and oxygen atoms in total. The Labute approximate surface area is 188 Å². The third kappa shape index (κ3) is 4.18. The average Bonchev–Trinajstić information content (AvgIpc) is 3.28. The van der Waals surface area contributed by atoms with Crippen LogP contribution < -0.4 is 4.74 Å². The van der Waals surface area contributed by atoms with Crippen LogP contribution in [0, 0.1) is 0 Å². The Morgan fingerprint density at radius 1 is 1.20 bits per heavy atom. The van der Waals surface area contributed by atoms with E-state index in [1.165, 1.54) is 24.0 Å². The van der Waals surface area contributed by atoms with E-state index in [2.05, 4.69) is 11.0 Å². The molecule has 2 atom stereocenters. The van der Waals surface area contributed by atoms with Crippen molar-refractivity contribution in [3.63, 3.8) is 0 Å². The molecule has 1 aliphatic carbocycles. The lowest BCUT2D eigenvalue weighted by Gasteiger charge is -2.44. The van der Waals surface area contributed by atoms with E-state index >= 15 is 0 Å². The first kappa shape index (κ1) is 21.5. The molecule has 1 heterocycles. The SMILES string of the molecule is COc1cccc2c1CC[C@H](N1CCCC1)[C@H]2N(C)C(=O)Cc1ccc(Cl)cc1Cl. The maximum absolute atomic E-state index is 13.4. The molecule has 0 spiro atoms. The molecule has 1 aliphatic heterocycles. The summed E-state index contributed by atoms with van der Waals surface area (Å²) in [5.41, 5.74) is 3.23. The second kappa shape index (κ2) is 9.17. The number of carbonyl (C=O) groups is 1. The van der Waals surface area contributed by atoms with E-state index in [0.717, 1.165) is 37.2 Å². The van der Waals surface area contributed by atoms with Crippen LogP contribution in [0.15, 0.2) is 36.4 Å². The second-order valence-corrected chi connectivity index (χ2v) is 9.08. The number of nitrogens with zero attached hydrogens (tertiary/aromatic N) is 2. The third-order valence-corrected chi connectivity index (χ3v) is 7.13. The minimum Gasteiger partial charge on any atom is -0.496 e. The Morgan fingerprint density at radius 3 is 2.67 bits per heavy atom. The summed E-state index contributed by atoms with van der Waals surface area (Å²) in [7, 11) is 3.64. The fourth-order valence-corrected chi connectivity index (χ4v) is 5.48. The van der Waals surface area contributed by atoms with E-state index in [4.69, 9.17) is 27.9 Å². The van der Waals surface area contributed by atoms with E-state index in [1.54, 1.807) is 19.2 Å². The highest BCUT2D eigenvalue weighted by atomic mass is 35.5. The number of methoxy groups -OCH3 is 1.